The molecule has 2 heterocycles. The molecule has 0 saturated carbocycles. The Morgan fingerprint density at radius 3 is 3.23 bits per heavy atom. The predicted molar refractivity (Wildman–Crippen MR) is 57.8 cm³/mol. The summed E-state index contributed by atoms with van der Waals surface area (Å²) in [4.78, 5) is 5.08. The fraction of sp³-hybridized carbons (Fsp3) is 0.125. The van der Waals surface area contributed by atoms with Gasteiger partial charge in [-0.3, -0.25) is 4.40 Å². The zero-order valence-electron chi connectivity index (χ0n) is 6.58. The number of fused-ring (bicyclic) bond motifs is 1. The van der Waals surface area contributed by atoms with Crippen molar-refractivity contribution in [3.8, 4) is 0 Å². The van der Waals surface area contributed by atoms with E-state index in [1.165, 1.54) is 0 Å². The fourth-order valence-electron chi connectivity index (χ4n) is 1.08. The third-order valence-electron chi connectivity index (χ3n) is 1.62. The monoisotopic (exact) mass is 232 g/mol. The maximum Gasteiger partial charge on any atom is 0.195 e. The first-order chi connectivity index (χ1) is 6.33. The van der Waals surface area contributed by atoms with Gasteiger partial charge in [0, 0.05) is 17.5 Å². The third kappa shape index (κ3) is 1.59. The van der Waals surface area contributed by atoms with Gasteiger partial charge >= 0.3 is 0 Å². The van der Waals surface area contributed by atoms with Crippen LogP contribution in [0.1, 0.15) is 5.69 Å². The second-order valence-electron chi connectivity index (χ2n) is 2.40. The molecule has 0 N–H and O–H groups in total. The molecule has 0 unspecified atom stereocenters. The number of alkyl halides is 1. The van der Waals surface area contributed by atoms with Crippen LogP contribution >= 0.6 is 34.5 Å². The topological polar surface area (TPSA) is 17.3 Å². The first-order valence-electron chi connectivity index (χ1n) is 3.66. The van der Waals surface area contributed by atoms with E-state index in [0.717, 1.165) is 10.7 Å². The smallest absolute Gasteiger partial charge is 0.195 e. The summed E-state index contributed by atoms with van der Waals surface area (Å²) in [6.07, 6.45) is 5.66. The van der Waals surface area contributed by atoms with Crippen LogP contribution in [0.4, 0.5) is 0 Å². The van der Waals surface area contributed by atoms with Crippen molar-refractivity contribution in [3.05, 3.63) is 28.5 Å². The summed E-state index contributed by atoms with van der Waals surface area (Å²) in [5.41, 5.74) is 0.888. The van der Waals surface area contributed by atoms with Crippen molar-refractivity contribution in [2.75, 3.05) is 5.88 Å². The van der Waals surface area contributed by atoms with Crippen molar-refractivity contribution < 1.29 is 0 Å². The van der Waals surface area contributed by atoms with E-state index in [4.69, 9.17) is 23.2 Å². The molecule has 0 aliphatic heterocycles. The number of rotatable bonds is 2. The van der Waals surface area contributed by atoms with Crippen molar-refractivity contribution in [1.29, 1.82) is 0 Å². The number of hydrogen-bond acceptors (Lipinski definition) is 2. The first-order valence-corrected chi connectivity index (χ1v) is 5.45. The van der Waals surface area contributed by atoms with Crippen molar-refractivity contribution in [2.24, 2.45) is 0 Å². The second kappa shape index (κ2) is 3.70. The van der Waals surface area contributed by atoms with Gasteiger partial charge in [-0.05, 0) is 6.08 Å². The molecular formula is C8H6Cl2N2S. The average Bonchev–Trinajstić information content (AvgIpc) is 2.62. The Morgan fingerprint density at radius 1 is 1.62 bits per heavy atom. The minimum Gasteiger partial charge on any atom is -0.289 e. The molecule has 13 heavy (non-hydrogen) atoms. The normalized spacial score (nSPS) is 11.8. The summed E-state index contributed by atoms with van der Waals surface area (Å²) in [7, 11) is 0. The molecule has 2 nitrogen and oxygen atoms in total. The molecule has 0 radical (unpaired) electrons. The Labute approximate surface area is 89.4 Å². The van der Waals surface area contributed by atoms with Crippen LogP contribution in [-0.4, -0.2) is 15.3 Å². The lowest BCUT2D eigenvalue weighted by Crippen LogP contribution is -1.80. The highest BCUT2D eigenvalue weighted by atomic mass is 35.5. The van der Waals surface area contributed by atoms with Crippen LogP contribution in [0.5, 0.6) is 0 Å². The highest BCUT2D eigenvalue weighted by Crippen LogP contribution is 2.22. The molecule has 0 aliphatic rings. The van der Waals surface area contributed by atoms with E-state index < -0.39 is 0 Å². The van der Waals surface area contributed by atoms with E-state index in [1.807, 2.05) is 28.1 Å². The van der Waals surface area contributed by atoms with E-state index in [1.54, 1.807) is 11.3 Å². The molecule has 0 aliphatic carbocycles. The van der Waals surface area contributed by atoms with Gasteiger partial charge in [0.05, 0.1) is 5.69 Å². The fourth-order valence-corrected chi connectivity index (χ4v) is 2.18. The SMILES string of the molecule is ClCC=Cc1c(Cl)nc2sccn12. The Balaban J connectivity index is 2.57. The van der Waals surface area contributed by atoms with Crippen LogP contribution in [0.3, 0.4) is 0 Å². The zero-order valence-corrected chi connectivity index (χ0v) is 8.90. The molecule has 0 amide bonds. The lowest BCUT2D eigenvalue weighted by Gasteiger charge is -1.89. The minimum atomic E-state index is 0.480. The van der Waals surface area contributed by atoms with Crippen LogP contribution in [-0.2, 0) is 0 Å². The third-order valence-corrected chi connectivity index (χ3v) is 2.83. The average molecular weight is 233 g/mol. The quantitative estimate of drug-likeness (QED) is 0.727. The number of allylic oxidation sites excluding steroid dienone is 1. The summed E-state index contributed by atoms with van der Waals surface area (Å²) in [5, 5.41) is 2.49. The van der Waals surface area contributed by atoms with Gasteiger partial charge < -0.3 is 0 Å². The molecule has 0 spiro atoms. The number of nitrogens with zero attached hydrogens (tertiary/aromatic N) is 2. The molecule has 2 aromatic heterocycles. The zero-order chi connectivity index (χ0) is 9.26. The molecule has 68 valence electrons. The van der Waals surface area contributed by atoms with Gasteiger partial charge in [0.25, 0.3) is 0 Å². The molecule has 0 bridgehead atoms. The Kier molecular flexibility index (Phi) is 2.58. The van der Waals surface area contributed by atoms with E-state index in [2.05, 4.69) is 4.98 Å². The summed E-state index contributed by atoms with van der Waals surface area (Å²) in [5.74, 6) is 0.480. The van der Waals surface area contributed by atoms with Crippen LogP contribution in [0, 0.1) is 0 Å². The summed E-state index contributed by atoms with van der Waals surface area (Å²) < 4.78 is 1.94. The molecule has 5 heteroatoms. The maximum absolute atomic E-state index is 5.93. The molecule has 2 aromatic rings. The van der Waals surface area contributed by atoms with Gasteiger partial charge in [0.15, 0.2) is 10.1 Å². The predicted octanol–water partition coefficient (Wildman–Crippen LogP) is 3.30. The maximum atomic E-state index is 5.93. The number of thiazole rings is 1. The van der Waals surface area contributed by atoms with E-state index in [9.17, 15) is 0 Å². The Morgan fingerprint density at radius 2 is 2.46 bits per heavy atom. The van der Waals surface area contributed by atoms with Crippen molar-refractivity contribution in [3.63, 3.8) is 0 Å². The molecular weight excluding hydrogens is 227 g/mol. The molecule has 0 atom stereocenters. The van der Waals surface area contributed by atoms with Crippen molar-refractivity contribution >= 4 is 45.6 Å². The largest absolute Gasteiger partial charge is 0.289 e. The molecule has 0 fully saturated rings. The standard InChI is InChI=1S/C8H6Cl2N2S/c9-3-1-2-6-7(10)11-8-12(6)4-5-13-8/h1-2,4-5H,3H2. The van der Waals surface area contributed by atoms with Crippen LogP contribution in [0.25, 0.3) is 11.0 Å². The van der Waals surface area contributed by atoms with Gasteiger partial charge in [0.1, 0.15) is 0 Å². The number of imidazole rings is 1. The molecule has 0 saturated heterocycles. The van der Waals surface area contributed by atoms with Gasteiger partial charge in [-0.1, -0.05) is 17.7 Å². The Bertz CT molecular complexity index is 444. The van der Waals surface area contributed by atoms with Crippen molar-refractivity contribution in [1.82, 2.24) is 9.38 Å². The van der Waals surface area contributed by atoms with E-state index >= 15 is 0 Å². The van der Waals surface area contributed by atoms with E-state index in [-0.39, 0.29) is 0 Å². The van der Waals surface area contributed by atoms with Gasteiger partial charge in [-0.15, -0.1) is 22.9 Å². The highest BCUT2D eigenvalue weighted by Gasteiger charge is 2.07. The van der Waals surface area contributed by atoms with Crippen LogP contribution in [0.15, 0.2) is 17.7 Å². The summed E-state index contributed by atoms with van der Waals surface area (Å²) >= 11 is 13.0. The summed E-state index contributed by atoms with van der Waals surface area (Å²) in [6.45, 7) is 0. The van der Waals surface area contributed by atoms with Gasteiger partial charge in [-0.2, -0.15) is 0 Å². The van der Waals surface area contributed by atoms with E-state index in [0.29, 0.717) is 11.0 Å². The Hall–Kier alpha value is -0.510. The van der Waals surface area contributed by atoms with Crippen LogP contribution in [0.2, 0.25) is 5.15 Å². The van der Waals surface area contributed by atoms with Crippen LogP contribution < -0.4 is 0 Å². The number of halogens is 2. The van der Waals surface area contributed by atoms with Crippen molar-refractivity contribution in [2.45, 2.75) is 0 Å². The minimum absolute atomic E-state index is 0.480. The number of hydrogen-bond donors (Lipinski definition) is 0. The summed E-state index contributed by atoms with van der Waals surface area (Å²) in [6, 6.07) is 0. The lowest BCUT2D eigenvalue weighted by molar-refractivity contribution is 1.21. The lowest BCUT2D eigenvalue weighted by atomic mass is 10.4. The van der Waals surface area contributed by atoms with Gasteiger partial charge in [0.2, 0.25) is 0 Å². The molecule has 0 aromatic carbocycles. The number of aromatic nitrogens is 2. The first kappa shape index (κ1) is 9.06. The highest BCUT2D eigenvalue weighted by molar-refractivity contribution is 7.15. The second-order valence-corrected chi connectivity index (χ2v) is 3.94. The van der Waals surface area contributed by atoms with Gasteiger partial charge in [-0.25, -0.2) is 4.98 Å². The molecule has 2 rings (SSSR count).